The minimum atomic E-state index is -0.876. The lowest BCUT2D eigenvalue weighted by Crippen LogP contribution is -2.09. The van der Waals surface area contributed by atoms with Gasteiger partial charge in [0.1, 0.15) is 5.82 Å². The fourth-order valence-electron chi connectivity index (χ4n) is 2.46. The summed E-state index contributed by atoms with van der Waals surface area (Å²) in [7, 11) is 0. The van der Waals surface area contributed by atoms with E-state index in [9.17, 15) is 9.18 Å². The zero-order valence-corrected chi connectivity index (χ0v) is 11.9. The molecule has 1 aliphatic carbocycles. The van der Waals surface area contributed by atoms with E-state index in [-0.39, 0.29) is 17.6 Å². The van der Waals surface area contributed by atoms with Crippen molar-refractivity contribution in [3.63, 3.8) is 0 Å². The molecule has 0 bridgehead atoms. The van der Waals surface area contributed by atoms with Crippen LogP contribution in [0.3, 0.4) is 0 Å². The highest BCUT2D eigenvalue weighted by Gasteiger charge is 2.31. The third-order valence-corrected chi connectivity index (χ3v) is 4.59. The molecule has 4 nitrogen and oxygen atoms in total. The Hall–Kier alpha value is -1.56. The lowest BCUT2D eigenvalue weighted by Gasteiger charge is -2.16. The summed E-state index contributed by atoms with van der Waals surface area (Å²) in [5, 5.41) is 9.49. The van der Waals surface area contributed by atoms with Crippen molar-refractivity contribution in [2.45, 2.75) is 31.0 Å². The Balaban J connectivity index is 2.05. The number of imidazole rings is 1. The van der Waals surface area contributed by atoms with E-state index >= 15 is 0 Å². The molecule has 0 amide bonds. The number of carboxylic acids is 1. The molecule has 0 spiro atoms. The van der Waals surface area contributed by atoms with Crippen molar-refractivity contribution in [3.8, 4) is 0 Å². The number of aromatic nitrogens is 2. The molecule has 20 heavy (non-hydrogen) atoms. The third kappa shape index (κ3) is 2.52. The Morgan fingerprint density at radius 1 is 1.60 bits per heavy atom. The number of carbonyl (C=O) groups is 1. The van der Waals surface area contributed by atoms with Gasteiger partial charge in [0, 0.05) is 12.1 Å². The summed E-state index contributed by atoms with van der Waals surface area (Å²) in [6.07, 6.45) is 2.37. The minimum Gasteiger partial charge on any atom is -0.481 e. The topological polar surface area (TPSA) is 55.1 Å². The molecule has 0 aliphatic heterocycles. The van der Waals surface area contributed by atoms with E-state index in [1.807, 2.05) is 0 Å². The first kappa shape index (κ1) is 13.4. The maximum atomic E-state index is 13.3. The first-order valence-electron chi connectivity index (χ1n) is 6.58. The van der Waals surface area contributed by atoms with Gasteiger partial charge in [-0.25, -0.2) is 9.37 Å². The van der Waals surface area contributed by atoms with E-state index in [0.717, 1.165) is 5.52 Å². The van der Waals surface area contributed by atoms with Crippen molar-refractivity contribution >= 4 is 28.8 Å². The van der Waals surface area contributed by atoms with E-state index in [4.69, 9.17) is 5.11 Å². The highest BCUT2D eigenvalue weighted by molar-refractivity contribution is 7.99. The molecule has 1 aromatic carbocycles. The van der Waals surface area contributed by atoms with Crippen LogP contribution in [0.1, 0.15) is 25.8 Å². The molecule has 1 aliphatic rings. The zero-order chi connectivity index (χ0) is 14.3. The molecule has 3 rings (SSSR count). The molecule has 0 saturated heterocycles. The fraction of sp³-hybridized carbons (Fsp3) is 0.429. The van der Waals surface area contributed by atoms with E-state index < -0.39 is 5.97 Å². The van der Waals surface area contributed by atoms with E-state index in [2.05, 4.69) is 16.5 Å². The van der Waals surface area contributed by atoms with Gasteiger partial charge in [0.05, 0.1) is 16.8 Å². The largest absolute Gasteiger partial charge is 0.481 e. The number of carboxylic acid groups (broad SMARTS) is 1. The normalized spacial score (nSPS) is 16.5. The van der Waals surface area contributed by atoms with Crippen LogP contribution in [0, 0.1) is 11.7 Å². The number of thioether (sulfide) groups is 1. The Morgan fingerprint density at radius 2 is 2.35 bits per heavy atom. The molecule has 1 saturated carbocycles. The van der Waals surface area contributed by atoms with Gasteiger partial charge in [0.15, 0.2) is 5.16 Å². The van der Waals surface area contributed by atoms with Crippen molar-refractivity contribution in [3.05, 3.63) is 24.0 Å². The molecule has 1 fully saturated rings. The van der Waals surface area contributed by atoms with Gasteiger partial charge in [0.2, 0.25) is 0 Å². The second kappa shape index (κ2) is 5.09. The summed E-state index contributed by atoms with van der Waals surface area (Å²) in [5.74, 6) is -0.625. The van der Waals surface area contributed by atoms with Gasteiger partial charge in [-0.3, -0.25) is 4.79 Å². The number of halogens is 1. The molecule has 1 N–H and O–H groups in total. The molecule has 1 aromatic heterocycles. The predicted octanol–water partition coefficient (Wildman–Crippen LogP) is 3.32. The van der Waals surface area contributed by atoms with E-state index in [0.29, 0.717) is 16.6 Å². The zero-order valence-electron chi connectivity index (χ0n) is 11.0. The molecular formula is C14H15FN2O2S. The van der Waals surface area contributed by atoms with Crippen LogP contribution in [0.2, 0.25) is 0 Å². The van der Waals surface area contributed by atoms with E-state index in [1.165, 1.54) is 36.7 Å². The number of hydrogen-bond donors (Lipinski definition) is 1. The minimum absolute atomic E-state index is 0.0385. The van der Waals surface area contributed by atoms with Gasteiger partial charge in [0.25, 0.3) is 0 Å². The predicted molar refractivity (Wildman–Crippen MR) is 75.5 cm³/mol. The van der Waals surface area contributed by atoms with Crippen LogP contribution >= 0.6 is 11.8 Å². The van der Waals surface area contributed by atoms with Gasteiger partial charge >= 0.3 is 5.97 Å². The first-order chi connectivity index (χ1) is 9.56. The molecular weight excluding hydrogens is 279 g/mol. The van der Waals surface area contributed by atoms with Crippen molar-refractivity contribution in [2.75, 3.05) is 5.75 Å². The molecule has 0 radical (unpaired) electrons. The van der Waals surface area contributed by atoms with Gasteiger partial charge in [-0.2, -0.15) is 0 Å². The molecule has 106 valence electrons. The maximum Gasteiger partial charge on any atom is 0.313 e. The number of rotatable bonds is 5. The Bertz CT molecular complexity index is 666. The quantitative estimate of drug-likeness (QED) is 0.859. The summed E-state index contributed by atoms with van der Waals surface area (Å²) in [6, 6.07) is 4.81. The van der Waals surface area contributed by atoms with Gasteiger partial charge in [-0.15, -0.1) is 0 Å². The Labute approximate surface area is 120 Å². The second-order valence-electron chi connectivity index (χ2n) is 5.16. The van der Waals surface area contributed by atoms with Crippen LogP contribution in [0.5, 0.6) is 0 Å². The Kier molecular flexibility index (Phi) is 3.41. The third-order valence-electron chi connectivity index (χ3n) is 3.66. The average Bonchev–Trinajstić information content (AvgIpc) is 3.17. The molecule has 1 atom stereocenters. The monoisotopic (exact) mass is 294 g/mol. The average molecular weight is 294 g/mol. The van der Waals surface area contributed by atoms with Gasteiger partial charge < -0.3 is 9.67 Å². The molecule has 1 unspecified atom stereocenters. The first-order valence-corrected chi connectivity index (χ1v) is 7.57. The van der Waals surface area contributed by atoms with Gasteiger partial charge in [-0.1, -0.05) is 11.8 Å². The molecule has 2 aromatic rings. The lowest BCUT2D eigenvalue weighted by molar-refractivity contribution is -0.133. The van der Waals surface area contributed by atoms with Crippen LogP contribution in [-0.2, 0) is 4.79 Å². The summed E-state index contributed by atoms with van der Waals surface area (Å²) in [4.78, 5) is 15.2. The summed E-state index contributed by atoms with van der Waals surface area (Å²) in [6.45, 7) is 2.12. The molecule has 6 heteroatoms. The van der Waals surface area contributed by atoms with Crippen LogP contribution in [-0.4, -0.2) is 26.4 Å². The van der Waals surface area contributed by atoms with Crippen LogP contribution in [0.4, 0.5) is 4.39 Å². The summed E-state index contributed by atoms with van der Waals surface area (Å²) < 4.78 is 15.4. The Morgan fingerprint density at radius 3 is 3.00 bits per heavy atom. The molecule has 1 heterocycles. The summed E-state index contributed by atoms with van der Waals surface area (Å²) in [5.41, 5.74) is 1.46. The van der Waals surface area contributed by atoms with Crippen molar-refractivity contribution in [2.24, 2.45) is 5.92 Å². The smallest absolute Gasteiger partial charge is 0.313 e. The number of hydrogen-bond acceptors (Lipinski definition) is 3. The SMILES string of the molecule is CC(C1CC1)n1c(SCC(=O)O)nc2cc(F)ccc21. The maximum absolute atomic E-state index is 13.3. The van der Waals surface area contributed by atoms with Crippen molar-refractivity contribution in [1.82, 2.24) is 9.55 Å². The van der Waals surface area contributed by atoms with Gasteiger partial charge in [-0.05, 0) is 37.8 Å². The highest BCUT2D eigenvalue weighted by Crippen LogP contribution is 2.42. The van der Waals surface area contributed by atoms with Crippen LogP contribution < -0.4 is 0 Å². The fourth-order valence-corrected chi connectivity index (χ4v) is 3.28. The second-order valence-corrected chi connectivity index (χ2v) is 6.10. The number of benzene rings is 1. The van der Waals surface area contributed by atoms with Crippen LogP contribution in [0.25, 0.3) is 11.0 Å². The summed E-state index contributed by atoms with van der Waals surface area (Å²) >= 11 is 1.19. The lowest BCUT2D eigenvalue weighted by atomic mass is 10.2. The van der Waals surface area contributed by atoms with Crippen molar-refractivity contribution < 1.29 is 14.3 Å². The van der Waals surface area contributed by atoms with Crippen molar-refractivity contribution in [1.29, 1.82) is 0 Å². The highest BCUT2D eigenvalue weighted by atomic mass is 32.2. The standard InChI is InChI=1S/C14H15FN2O2S/c1-8(9-2-3-9)17-12-5-4-10(15)6-11(12)16-14(17)20-7-13(18)19/h4-6,8-9H,2-3,7H2,1H3,(H,18,19). The number of fused-ring (bicyclic) bond motifs is 1. The van der Waals surface area contributed by atoms with Crippen LogP contribution in [0.15, 0.2) is 23.4 Å². The van der Waals surface area contributed by atoms with E-state index in [1.54, 1.807) is 6.07 Å². The number of nitrogens with zero attached hydrogens (tertiary/aromatic N) is 2. The number of aliphatic carboxylic acids is 1.